The number of carbonyl (C=O) groups is 1. The van der Waals surface area contributed by atoms with Crippen LogP contribution in [0, 0.1) is 0 Å². The van der Waals surface area contributed by atoms with Crippen LogP contribution in [0.25, 0.3) is 0 Å². The lowest BCUT2D eigenvalue weighted by molar-refractivity contribution is -0.143. The smallest absolute Gasteiger partial charge is 0.319 e. The average Bonchev–Trinajstić information content (AvgIpc) is 2.82. The number of anilines is 1. The molecule has 0 radical (unpaired) electrons. The molecule has 0 amide bonds. The minimum atomic E-state index is -0.390. The summed E-state index contributed by atoms with van der Waals surface area (Å²) in [6.07, 6.45) is 0. The van der Waals surface area contributed by atoms with Gasteiger partial charge in [0.1, 0.15) is 11.9 Å². The molecule has 6 nitrogen and oxygen atoms in total. The number of esters is 1. The molecule has 0 fully saturated rings. The highest BCUT2D eigenvalue weighted by atomic mass is 32.2. The summed E-state index contributed by atoms with van der Waals surface area (Å²) >= 11 is 1.20. The minimum absolute atomic E-state index is 0.229. The van der Waals surface area contributed by atoms with Gasteiger partial charge in [-0.2, -0.15) is 4.98 Å². The van der Waals surface area contributed by atoms with Gasteiger partial charge < -0.3 is 10.5 Å². The van der Waals surface area contributed by atoms with Crippen molar-refractivity contribution in [1.82, 2.24) is 15.2 Å². The Balaban J connectivity index is 1.82. The number of nitrogens with two attached hydrogens (primary N) is 1. The van der Waals surface area contributed by atoms with Crippen molar-refractivity contribution in [2.75, 3.05) is 5.73 Å². The molecule has 2 rings (SSSR count). The molecule has 3 N–H and O–H groups in total. The van der Waals surface area contributed by atoms with Gasteiger partial charge in [0.05, 0.1) is 0 Å². The molecule has 1 heterocycles. The molecule has 0 spiro atoms. The zero-order chi connectivity index (χ0) is 13.7. The quantitative estimate of drug-likeness (QED) is 0.637. The van der Waals surface area contributed by atoms with Crippen LogP contribution in [-0.2, 0) is 16.1 Å². The van der Waals surface area contributed by atoms with Gasteiger partial charge in [0.15, 0.2) is 0 Å². The Labute approximate surface area is 114 Å². The summed E-state index contributed by atoms with van der Waals surface area (Å²) in [7, 11) is 0. The van der Waals surface area contributed by atoms with Crippen LogP contribution in [0.2, 0.25) is 0 Å². The van der Waals surface area contributed by atoms with E-state index >= 15 is 0 Å². The van der Waals surface area contributed by atoms with E-state index in [9.17, 15) is 4.79 Å². The van der Waals surface area contributed by atoms with Crippen molar-refractivity contribution in [3.8, 4) is 0 Å². The first-order valence-corrected chi connectivity index (χ1v) is 6.58. The summed E-state index contributed by atoms with van der Waals surface area (Å²) in [4.78, 5) is 15.7. The van der Waals surface area contributed by atoms with E-state index in [0.717, 1.165) is 5.56 Å². The van der Waals surface area contributed by atoms with Gasteiger partial charge in [-0.1, -0.05) is 42.1 Å². The van der Waals surface area contributed by atoms with Gasteiger partial charge in [0, 0.05) is 0 Å². The zero-order valence-corrected chi connectivity index (χ0v) is 11.2. The van der Waals surface area contributed by atoms with Crippen LogP contribution < -0.4 is 5.73 Å². The van der Waals surface area contributed by atoms with Crippen molar-refractivity contribution in [2.24, 2.45) is 0 Å². The standard InChI is InChI=1S/C12H14N4O2S/c1-8(19-12-14-11(13)15-16-12)10(17)18-7-9-5-3-2-4-6-9/h2-6,8H,7H2,1H3,(H3,13,14,15,16)/t8-/m0/s1. The molecular weight excluding hydrogens is 264 g/mol. The Hall–Kier alpha value is -2.02. The van der Waals surface area contributed by atoms with Crippen LogP contribution in [0.15, 0.2) is 35.5 Å². The number of nitrogen functional groups attached to an aromatic ring is 1. The summed E-state index contributed by atoms with van der Waals surface area (Å²) in [5.74, 6) is -0.0791. The van der Waals surface area contributed by atoms with E-state index in [-0.39, 0.29) is 23.8 Å². The maximum Gasteiger partial charge on any atom is 0.319 e. The van der Waals surface area contributed by atoms with Crippen molar-refractivity contribution in [3.63, 3.8) is 0 Å². The SMILES string of the molecule is C[C@H](Sc1n[nH]c(N)n1)C(=O)OCc1ccccc1. The molecule has 0 aliphatic rings. The number of nitrogens with one attached hydrogen (secondary N) is 1. The second kappa shape index (κ2) is 6.24. The third-order valence-electron chi connectivity index (χ3n) is 2.32. The van der Waals surface area contributed by atoms with Gasteiger partial charge in [-0.3, -0.25) is 4.79 Å². The van der Waals surface area contributed by atoms with Crippen LogP contribution >= 0.6 is 11.8 Å². The van der Waals surface area contributed by atoms with Crippen molar-refractivity contribution < 1.29 is 9.53 Å². The largest absolute Gasteiger partial charge is 0.460 e. The first-order valence-electron chi connectivity index (χ1n) is 5.70. The zero-order valence-electron chi connectivity index (χ0n) is 10.4. The lowest BCUT2D eigenvalue weighted by atomic mass is 10.2. The van der Waals surface area contributed by atoms with Gasteiger partial charge >= 0.3 is 5.97 Å². The summed E-state index contributed by atoms with van der Waals surface area (Å²) < 4.78 is 5.21. The number of thioether (sulfide) groups is 1. The summed E-state index contributed by atoms with van der Waals surface area (Å²) in [5, 5.41) is 6.41. The summed E-state index contributed by atoms with van der Waals surface area (Å²) in [6, 6.07) is 9.52. The number of rotatable bonds is 5. The number of aromatic nitrogens is 3. The molecule has 0 bridgehead atoms. The predicted molar refractivity (Wildman–Crippen MR) is 72.4 cm³/mol. The molecule has 1 aromatic carbocycles. The van der Waals surface area contributed by atoms with Crippen molar-refractivity contribution in [3.05, 3.63) is 35.9 Å². The fourth-order valence-electron chi connectivity index (χ4n) is 1.36. The van der Waals surface area contributed by atoms with Crippen LogP contribution in [-0.4, -0.2) is 26.4 Å². The van der Waals surface area contributed by atoms with Crippen molar-refractivity contribution >= 4 is 23.7 Å². The molecule has 19 heavy (non-hydrogen) atoms. The number of benzene rings is 1. The van der Waals surface area contributed by atoms with E-state index in [1.165, 1.54) is 11.8 Å². The topological polar surface area (TPSA) is 93.9 Å². The molecule has 1 atom stereocenters. The van der Waals surface area contributed by atoms with Crippen LogP contribution in [0.3, 0.4) is 0 Å². The monoisotopic (exact) mass is 278 g/mol. The van der Waals surface area contributed by atoms with Gasteiger partial charge in [-0.15, -0.1) is 5.10 Å². The van der Waals surface area contributed by atoms with Gasteiger partial charge in [-0.25, -0.2) is 5.10 Å². The molecule has 0 unspecified atom stereocenters. The van der Waals surface area contributed by atoms with E-state index in [1.807, 2.05) is 30.3 Å². The van der Waals surface area contributed by atoms with E-state index in [1.54, 1.807) is 6.92 Å². The first kappa shape index (κ1) is 13.4. The Morgan fingerprint density at radius 1 is 1.47 bits per heavy atom. The first-order chi connectivity index (χ1) is 9.15. The molecule has 1 aromatic heterocycles. The predicted octanol–water partition coefficient (Wildman–Crippen LogP) is 1.61. The number of aromatic amines is 1. The molecule has 2 aromatic rings. The van der Waals surface area contributed by atoms with Gasteiger partial charge in [0.25, 0.3) is 0 Å². The maximum absolute atomic E-state index is 11.8. The minimum Gasteiger partial charge on any atom is -0.460 e. The summed E-state index contributed by atoms with van der Waals surface area (Å²) in [6.45, 7) is 2.01. The Kier molecular flexibility index (Phi) is 4.40. The number of ether oxygens (including phenoxy) is 1. The van der Waals surface area contributed by atoms with E-state index in [0.29, 0.717) is 5.16 Å². The lowest BCUT2D eigenvalue weighted by Gasteiger charge is -2.09. The van der Waals surface area contributed by atoms with Gasteiger partial charge in [0.2, 0.25) is 11.1 Å². The molecule has 7 heteroatoms. The van der Waals surface area contributed by atoms with E-state index in [2.05, 4.69) is 15.2 Å². The van der Waals surface area contributed by atoms with Gasteiger partial charge in [-0.05, 0) is 12.5 Å². The number of H-pyrrole nitrogens is 1. The highest BCUT2D eigenvalue weighted by Gasteiger charge is 2.18. The van der Waals surface area contributed by atoms with Crippen molar-refractivity contribution in [1.29, 1.82) is 0 Å². The number of carbonyl (C=O) groups excluding carboxylic acids is 1. The normalized spacial score (nSPS) is 12.1. The van der Waals surface area contributed by atoms with E-state index in [4.69, 9.17) is 10.5 Å². The maximum atomic E-state index is 11.8. The Morgan fingerprint density at radius 3 is 2.84 bits per heavy atom. The highest BCUT2D eigenvalue weighted by molar-refractivity contribution is 8.00. The number of hydrogen-bond donors (Lipinski definition) is 2. The van der Waals surface area contributed by atoms with Crippen LogP contribution in [0.4, 0.5) is 5.95 Å². The molecule has 100 valence electrons. The molecule has 0 saturated carbocycles. The summed E-state index contributed by atoms with van der Waals surface area (Å²) in [5.41, 5.74) is 6.36. The van der Waals surface area contributed by atoms with Crippen LogP contribution in [0.1, 0.15) is 12.5 Å². The number of hydrogen-bond acceptors (Lipinski definition) is 6. The van der Waals surface area contributed by atoms with Crippen molar-refractivity contribution in [2.45, 2.75) is 23.9 Å². The second-order valence-corrected chi connectivity index (χ2v) is 5.16. The Morgan fingerprint density at radius 2 is 2.21 bits per heavy atom. The fraction of sp³-hybridized carbons (Fsp3) is 0.250. The number of nitrogens with zero attached hydrogens (tertiary/aromatic N) is 2. The molecule has 0 aliphatic heterocycles. The van der Waals surface area contributed by atoms with E-state index < -0.39 is 0 Å². The second-order valence-electron chi connectivity index (χ2n) is 3.86. The van der Waals surface area contributed by atoms with Crippen LogP contribution in [0.5, 0.6) is 0 Å². The highest BCUT2D eigenvalue weighted by Crippen LogP contribution is 2.20. The molecular formula is C12H14N4O2S. The fourth-order valence-corrected chi connectivity index (χ4v) is 2.09. The molecule has 0 saturated heterocycles. The molecule has 0 aliphatic carbocycles. The third kappa shape index (κ3) is 3.99. The lowest BCUT2D eigenvalue weighted by Crippen LogP contribution is -2.16. The third-order valence-corrected chi connectivity index (χ3v) is 3.26. The Bertz CT molecular complexity index is 544. The average molecular weight is 278 g/mol.